The number of guanidine groups is 1. The minimum atomic E-state index is 0. The first kappa shape index (κ1) is 20.0. The van der Waals surface area contributed by atoms with Crippen molar-refractivity contribution in [2.75, 3.05) is 33.9 Å². The summed E-state index contributed by atoms with van der Waals surface area (Å²) >= 11 is 0. The Kier molecular flexibility index (Phi) is 11.1. The van der Waals surface area contributed by atoms with Crippen LogP contribution in [0.15, 0.2) is 29.3 Å². The zero-order valence-electron chi connectivity index (χ0n) is 13.2. The van der Waals surface area contributed by atoms with Gasteiger partial charge in [0.15, 0.2) is 5.96 Å². The van der Waals surface area contributed by atoms with Crippen LogP contribution in [-0.2, 0) is 4.74 Å². The number of hydrogen-bond acceptors (Lipinski definition) is 3. The summed E-state index contributed by atoms with van der Waals surface area (Å²) in [6.45, 7) is 6.13. The van der Waals surface area contributed by atoms with Gasteiger partial charge in [-0.2, -0.15) is 0 Å². The van der Waals surface area contributed by atoms with Crippen LogP contribution in [0.4, 0.5) is 0 Å². The second-order valence-electron chi connectivity index (χ2n) is 4.57. The van der Waals surface area contributed by atoms with E-state index in [4.69, 9.17) is 9.47 Å². The Labute approximate surface area is 144 Å². The third-order valence-electron chi connectivity index (χ3n) is 2.80. The topological polar surface area (TPSA) is 54.9 Å². The van der Waals surface area contributed by atoms with E-state index in [9.17, 15) is 0 Å². The molecule has 1 aromatic carbocycles. The number of rotatable bonds is 7. The SMILES string of the molecule is CN=C(NCCOC)NCC(C)Oc1ccccc1C.I. The highest BCUT2D eigenvalue weighted by Gasteiger charge is 2.06. The molecule has 0 aliphatic heterocycles. The maximum Gasteiger partial charge on any atom is 0.191 e. The molecule has 0 aliphatic rings. The van der Waals surface area contributed by atoms with Gasteiger partial charge in [-0.1, -0.05) is 18.2 Å². The Bertz CT molecular complexity index is 427. The highest BCUT2D eigenvalue weighted by Crippen LogP contribution is 2.17. The van der Waals surface area contributed by atoms with Crippen LogP contribution in [0.1, 0.15) is 12.5 Å². The maximum atomic E-state index is 5.90. The van der Waals surface area contributed by atoms with Crippen molar-refractivity contribution in [3.8, 4) is 5.75 Å². The molecule has 1 rings (SSSR count). The normalized spacial score (nSPS) is 12.3. The van der Waals surface area contributed by atoms with E-state index in [1.165, 1.54) is 0 Å². The van der Waals surface area contributed by atoms with Gasteiger partial charge < -0.3 is 20.1 Å². The van der Waals surface area contributed by atoms with Crippen molar-refractivity contribution in [1.82, 2.24) is 10.6 Å². The van der Waals surface area contributed by atoms with Gasteiger partial charge in [0, 0.05) is 20.7 Å². The number of hydrogen-bond donors (Lipinski definition) is 2. The molecule has 1 unspecified atom stereocenters. The van der Waals surface area contributed by atoms with Crippen LogP contribution in [0.3, 0.4) is 0 Å². The lowest BCUT2D eigenvalue weighted by atomic mass is 10.2. The second-order valence-corrected chi connectivity index (χ2v) is 4.57. The molecule has 0 fully saturated rings. The molecule has 1 atom stereocenters. The lowest BCUT2D eigenvalue weighted by molar-refractivity contribution is 0.203. The highest BCUT2D eigenvalue weighted by molar-refractivity contribution is 14.0. The molecule has 0 saturated heterocycles. The molecule has 5 nitrogen and oxygen atoms in total. The number of methoxy groups -OCH3 is 1. The monoisotopic (exact) mass is 407 g/mol. The predicted molar refractivity (Wildman–Crippen MR) is 97.9 cm³/mol. The van der Waals surface area contributed by atoms with Crippen molar-refractivity contribution in [2.45, 2.75) is 20.0 Å². The predicted octanol–water partition coefficient (Wildman–Crippen LogP) is 2.19. The molecule has 0 bridgehead atoms. The summed E-state index contributed by atoms with van der Waals surface area (Å²) in [6.07, 6.45) is 0.0528. The van der Waals surface area contributed by atoms with E-state index in [1.54, 1.807) is 14.2 Å². The number of ether oxygens (including phenoxy) is 2. The molecular formula is C15H26IN3O2. The number of aryl methyl sites for hydroxylation is 1. The molecule has 21 heavy (non-hydrogen) atoms. The molecule has 1 aromatic rings. The summed E-state index contributed by atoms with van der Waals surface area (Å²) < 4.78 is 10.9. The summed E-state index contributed by atoms with van der Waals surface area (Å²) in [4.78, 5) is 4.14. The molecule has 2 N–H and O–H groups in total. The lowest BCUT2D eigenvalue weighted by Gasteiger charge is -2.18. The van der Waals surface area contributed by atoms with Gasteiger partial charge in [0.05, 0.1) is 13.2 Å². The summed E-state index contributed by atoms with van der Waals surface area (Å²) in [7, 11) is 3.42. The van der Waals surface area contributed by atoms with Crippen molar-refractivity contribution in [3.63, 3.8) is 0 Å². The Morgan fingerprint density at radius 3 is 2.62 bits per heavy atom. The van der Waals surface area contributed by atoms with Crippen molar-refractivity contribution in [2.24, 2.45) is 4.99 Å². The van der Waals surface area contributed by atoms with Crippen molar-refractivity contribution >= 4 is 29.9 Å². The third kappa shape index (κ3) is 8.11. The minimum Gasteiger partial charge on any atom is -0.489 e. The smallest absolute Gasteiger partial charge is 0.191 e. The fourth-order valence-electron chi connectivity index (χ4n) is 1.68. The Morgan fingerprint density at radius 2 is 2.00 bits per heavy atom. The van der Waals surface area contributed by atoms with E-state index in [-0.39, 0.29) is 30.1 Å². The number of benzene rings is 1. The van der Waals surface area contributed by atoms with Crippen molar-refractivity contribution in [3.05, 3.63) is 29.8 Å². The zero-order valence-corrected chi connectivity index (χ0v) is 15.5. The molecule has 6 heteroatoms. The number of halogens is 1. The Morgan fingerprint density at radius 1 is 1.29 bits per heavy atom. The average molecular weight is 407 g/mol. The lowest BCUT2D eigenvalue weighted by Crippen LogP contribution is -2.42. The third-order valence-corrected chi connectivity index (χ3v) is 2.80. The molecular weight excluding hydrogens is 381 g/mol. The standard InChI is InChI=1S/C15H25N3O2.HI/c1-12-7-5-6-8-14(12)20-13(2)11-18-15(16-3)17-9-10-19-4;/h5-8,13H,9-11H2,1-4H3,(H2,16,17,18);1H. The average Bonchev–Trinajstić information content (AvgIpc) is 2.45. The van der Waals surface area contributed by atoms with Gasteiger partial charge in [-0.15, -0.1) is 24.0 Å². The van der Waals surface area contributed by atoms with Gasteiger partial charge >= 0.3 is 0 Å². The molecule has 0 aromatic heterocycles. The fraction of sp³-hybridized carbons (Fsp3) is 0.533. The van der Waals surface area contributed by atoms with E-state index < -0.39 is 0 Å². The quantitative estimate of drug-likeness (QED) is 0.315. The molecule has 120 valence electrons. The Balaban J connectivity index is 0.00000400. The van der Waals surface area contributed by atoms with Crippen LogP contribution >= 0.6 is 24.0 Å². The summed E-state index contributed by atoms with van der Waals surface area (Å²) in [5, 5.41) is 6.39. The first-order valence-electron chi connectivity index (χ1n) is 6.83. The number of para-hydroxylation sites is 1. The molecule has 0 saturated carbocycles. The summed E-state index contributed by atoms with van der Waals surface area (Å²) in [6, 6.07) is 8.01. The first-order chi connectivity index (χ1) is 9.67. The molecule has 0 heterocycles. The van der Waals surface area contributed by atoms with Gasteiger partial charge in [-0.3, -0.25) is 4.99 Å². The first-order valence-corrected chi connectivity index (χ1v) is 6.83. The van der Waals surface area contributed by atoms with Gasteiger partial charge in [-0.25, -0.2) is 0 Å². The van der Waals surface area contributed by atoms with Crippen LogP contribution < -0.4 is 15.4 Å². The van der Waals surface area contributed by atoms with E-state index in [2.05, 4.69) is 15.6 Å². The van der Waals surface area contributed by atoms with Crippen LogP contribution in [0, 0.1) is 6.92 Å². The maximum absolute atomic E-state index is 5.90. The number of nitrogens with one attached hydrogen (secondary N) is 2. The molecule has 0 amide bonds. The van der Waals surface area contributed by atoms with Gasteiger partial charge in [-0.05, 0) is 25.5 Å². The fourth-order valence-corrected chi connectivity index (χ4v) is 1.68. The minimum absolute atomic E-state index is 0. The van der Waals surface area contributed by atoms with E-state index in [0.29, 0.717) is 13.2 Å². The van der Waals surface area contributed by atoms with Crippen LogP contribution in [0.5, 0.6) is 5.75 Å². The van der Waals surface area contributed by atoms with Gasteiger partial charge in [0.1, 0.15) is 11.9 Å². The van der Waals surface area contributed by atoms with Crippen molar-refractivity contribution in [1.29, 1.82) is 0 Å². The molecule has 0 spiro atoms. The van der Waals surface area contributed by atoms with Gasteiger partial charge in [0.2, 0.25) is 0 Å². The summed E-state index contributed by atoms with van der Waals surface area (Å²) in [5.74, 6) is 1.67. The van der Waals surface area contributed by atoms with Crippen LogP contribution in [0.2, 0.25) is 0 Å². The molecule has 0 radical (unpaired) electrons. The van der Waals surface area contributed by atoms with Crippen molar-refractivity contribution < 1.29 is 9.47 Å². The number of aliphatic imine (C=N–C) groups is 1. The van der Waals surface area contributed by atoms with E-state index >= 15 is 0 Å². The summed E-state index contributed by atoms with van der Waals surface area (Å²) in [5.41, 5.74) is 1.14. The van der Waals surface area contributed by atoms with Gasteiger partial charge in [0.25, 0.3) is 0 Å². The van der Waals surface area contributed by atoms with E-state index in [0.717, 1.165) is 23.8 Å². The molecule has 0 aliphatic carbocycles. The largest absolute Gasteiger partial charge is 0.489 e. The van der Waals surface area contributed by atoms with Crippen LogP contribution in [0.25, 0.3) is 0 Å². The number of nitrogens with zero attached hydrogens (tertiary/aromatic N) is 1. The zero-order chi connectivity index (χ0) is 14.8. The highest BCUT2D eigenvalue weighted by atomic mass is 127. The second kappa shape index (κ2) is 11.6. The van der Waals surface area contributed by atoms with Crippen LogP contribution in [-0.4, -0.2) is 45.9 Å². The Hall–Kier alpha value is -1.02. The van der Waals surface area contributed by atoms with E-state index in [1.807, 2.05) is 38.1 Å².